The third-order valence-electron chi connectivity index (χ3n) is 5.88. The van der Waals surface area contributed by atoms with Gasteiger partial charge in [0.1, 0.15) is 18.4 Å². The third-order valence-corrected chi connectivity index (χ3v) is 7.32. The number of carbonyl (C=O) groups excluding carboxylic acids is 1. The first-order chi connectivity index (χ1) is 14.6. The van der Waals surface area contributed by atoms with Crippen LogP contribution in [0.4, 0.5) is 5.69 Å². The molecule has 0 bridgehead atoms. The van der Waals surface area contributed by atoms with Crippen LogP contribution in [0, 0.1) is 5.92 Å². The van der Waals surface area contributed by atoms with Gasteiger partial charge in [-0.2, -0.15) is 4.72 Å². The molecule has 1 aromatic rings. The van der Waals surface area contributed by atoms with E-state index in [2.05, 4.69) is 10.0 Å². The highest BCUT2D eigenvalue weighted by molar-refractivity contribution is 7.89. The number of likely N-dealkylation sites (N-methyl/N-ethyl adjacent to an activating group) is 1. The molecule has 0 unspecified atom stereocenters. The highest BCUT2D eigenvalue weighted by Gasteiger charge is 2.35. The van der Waals surface area contributed by atoms with E-state index in [1.165, 1.54) is 19.1 Å². The van der Waals surface area contributed by atoms with Crippen molar-refractivity contribution in [2.75, 3.05) is 25.1 Å². The number of sulfonamides is 1. The SMILES string of the molecule is C[C@H](O)[C@H](NS(=O)(=O)c1ccc2c(c1)N(C)CCO2)C(=O)N[C@@H](CC1CCC1)B(O)O. The first-order valence-corrected chi connectivity index (χ1v) is 11.9. The van der Waals surface area contributed by atoms with Gasteiger partial charge in [-0.05, 0) is 37.5 Å². The minimum atomic E-state index is -4.16. The van der Waals surface area contributed by atoms with Gasteiger partial charge < -0.3 is 30.1 Å². The Balaban J connectivity index is 1.75. The van der Waals surface area contributed by atoms with E-state index in [-0.39, 0.29) is 10.8 Å². The lowest BCUT2D eigenvalue weighted by Gasteiger charge is -2.31. The Morgan fingerprint density at radius 1 is 1.35 bits per heavy atom. The van der Waals surface area contributed by atoms with E-state index in [1.54, 1.807) is 6.07 Å². The number of carbonyl (C=O) groups is 1. The van der Waals surface area contributed by atoms with Gasteiger partial charge in [0.25, 0.3) is 0 Å². The van der Waals surface area contributed by atoms with Crippen molar-refractivity contribution in [1.29, 1.82) is 0 Å². The van der Waals surface area contributed by atoms with E-state index in [1.807, 2.05) is 11.9 Å². The van der Waals surface area contributed by atoms with Crippen molar-refractivity contribution < 1.29 is 33.1 Å². The minimum Gasteiger partial charge on any atom is -0.490 e. The van der Waals surface area contributed by atoms with E-state index in [9.17, 15) is 28.4 Å². The molecule has 1 aliphatic carbocycles. The molecule has 1 aromatic carbocycles. The van der Waals surface area contributed by atoms with E-state index in [0.29, 0.717) is 31.0 Å². The largest absolute Gasteiger partial charge is 0.490 e. The summed E-state index contributed by atoms with van der Waals surface area (Å²) in [5.41, 5.74) is 0.608. The average molecular weight is 455 g/mol. The van der Waals surface area contributed by atoms with Crippen molar-refractivity contribution in [1.82, 2.24) is 10.0 Å². The standard InChI is InChI=1S/C19H30BN3O7S/c1-12(24)18(19(25)21-17(20(26)27)10-13-4-3-5-13)22-31(28,29)14-6-7-16-15(11-14)23(2)8-9-30-16/h6-7,11-13,17-18,22,24,26-27H,3-5,8-10H2,1-2H3,(H,21,25)/t12-,17-,18-/m0/s1. The van der Waals surface area contributed by atoms with Gasteiger partial charge in [-0.3, -0.25) is 4.79 Å². The number of aliphatic hydroxyl groups excluding tert-OH is 1. The Hall–Kier alpha value is -1.86. The molecule has 5 N–H and O–H groups in total. The van der Waals surface area contributed by atoms with Crippen LogP contribution in [0.25, 0.3) is 0 Å². The van der Waals surface area contributed by atoms with Crippen molar-refractivity contribution in [3.8, 4) is 5.75 Å². The summed E-state index contributed by atoms with van der Waals surface area (Å²) >= 11 is 0. The van der Waals surface area contributed by atoms with Crippen LogP contribution in [-0.4, -0.2) is 74.9 Å². The molecule has 172 valence electrons. The van der Waals surface area contributed by atoms with E-state index in [4.69, 9.17) is 4.74 Å². The van der Waals surface area contributed by atoms with Crippen molar-refractivity contribution in [2.24, 2.45) is 5.92 Å². The van der Waals surface area contributed by atoms with Crippen LogP contribution in [0.5, 0.6) is 5.75 Å². The fourth-order valence-electron chi connectivity index (χ4n) is 3.72. The predicted molar refractivity (Wildman–Crippen MR) is 115 cm³/mol. The first kappa shape index (κ1) is 23.8. The summed E-state index contributed by atoms with van der Waals surface area (Å²) in [6, 6.07) is 2.87. The fourth-order valence-corrected chi connectivity index (χ4v) is 5.01. The Morgan fingerprint density at radius 3 is 2.65 bits per heavy atom. The molecule has 1 heterocycles. The summed E-state index contributed by atoms with van der Waals surface area (Å²) in [6.45, 7) is 2.39. The molecule has 1 amide bonds. The smallest absolute Gasteiger partial charge is 0.475 e. The third kappa shape index (κ3) is 5.69. The van der Waals surface area contributed by atoms with Crippen LogP contribution >= 0.6 is 0 Å². The average Bonchev–Trinajstić information content (AvgIpc) is 2.67. The van der Waals surface area contributed by atoms with Crippen LogP contribution < -0.4 is 19.7 Å². The van der Waals surface area contributed by atoms with E-state index in [0.717, 1.165) is 19.3 Å². The molecule has 3 atom stereocenters. The second kappa shape index (κ2) is 9.74. The molecule has 0 aromatic heterocycles. The van der Waals surface area contributed by atoms with Gasteiger partial charge in [-0.25, -0.2) is 8.42 Å². The number of rotatable bonds is 9. The maximum absolute atomic E-state index is 12.9. The zero-order valence-corrected chi connectivity index (χ0v) is 18.5. The van der Waals surface area contributed by atoms with Gasteiger partial charge in [0.05, 0.1) is 29.2 Å². The number of benzene rings is 1. The molecule has 2 aliphatic rings. The number of aliphatic hydroxyl groups is 1. The lowest BCUT2D eigenvalue weighted by molar-refractivity contribution is -0.125. The molecule has 12 heteroatoms. The highest BCUT2D eigenvalue weighted by atomic mass is 32.2. The molecule has 1 saturated carbocycles. The Labute approximate surface area is 182 Å². The molecule has 0 spiro atoms. The number of anilines is 1. The second-order valence-corrected chi connectivity index (χ2v) is 10.0. The van der Waals surface area contributed by atoms with Crippen molar-refractivity contribution in [3.63, 3.8) is 0 Å². The molecule has 1 fully saturated rings. The van der Waals surface area contributed by atoms with Gasteiger partial charge in [0, 0.05) is 7.05 Å². The Morgan fingerprint density at radius 2 is 2.06 bits per heavy atom. The van der Waals surface area contributed by atoms with Crippen molar-refractivity contribution >= 4 is 28.7 Å². The van der Waals surface area contributed by atoms with E-state index >= 15 is 0 Å². The minimum absolute atomic E-state index is 0.0738. The molecule has 10 nitrogen and oxygen atoms in total. The first-order valence-electron chi connectivity index (χ1n) is 10.4. The second-order valence-electron chi connectivity index (χ2n) is 8.30. The number of fused-ring (bicyclic) bond motifs is 1. The highest BCUT2D eigenvalue weighted by Crippen LogP contribution is 2.33. The number of ether oxygens (including phenoxy) is 1. The van der Waals surface area contributed by atoms with Gasteiger partial charge in [-0.1, -0.05) is 19.3 Å². The monoisotopic (exact) mass is 455 g/mol. The van der Waals surface area contributed by atoms with Crippen LogP contribution in [-0.2, 0) is 14.8 Å². The Kier molecular flexibility index (Phi) is 7.48. The molecular formula is C19H30BN3O7S. The molecule has 1 aliphatic heterocycles. The lowest BCUT2D eigenvalue weighted by atomic mass is 9.69. The summed E-state index contributed by atoms with van der Waals surface area (Å²) in [6.07, 6.45) is 1.98. The Bertz CT molecular complexity index is 892. The van der Waals surface area contributed by atoms with Gasteiger partial charge >= 0.3 is 7.12 Å². The van der Waals surface area contributed by atoms with Crippen LogP contribution in [0.15, 0.2) is 23.1 Å². The summed E-state index contributed by atoms with van der Waals surface area (Å²) in [4.78, 5) is 14.5. The summed E-state index contributed by atoms with van der Waals surface area (Å²) in [7, 11) is -4.12. The van der Waals surface area contributed by atoms with Crippen molar-refractivity contribution in [3.05, 3.63) is 18.2 Å². The van der Waals surface area contributed by atoms with E-state index < -0.39 is 41.1 Å². The number of hydrogen-bond acceptors (Lipinski definition) is 8. The van der Waals surface area contributed by atoms with Crippen LogP contribution in [0.2, 0.25) is 0 Å². The van der Waals surface area contributed by atoms with Crippen LogP contribution in [0.1, 0.15) is 32.6 Å². The van der Waals surface area contributed by atoms with Crippen LogP contribution in [0.3, 0.4) is 0 Å². The summed E-state index contributed by atoms with van der Waals surface area (Å²) < 4.78 is 33.6. The normalized spacial score (nSPS) is 19.5. The zero-order valence-electron chi connectivity index (χ0n) is 17.7. The predicted octanol–water partition coefficient (Wildman–Crippen LogP) is -0.770. The van der Waals surface area contributed by atoms with Gasteiger partial charge in [0.15, 0.2) is 0 Å². The van der Waals surface area contributed by atoms with Gasteiger partial charge in [-0.15, -0.1) is 0 Å². The molecule has 3 rings (SSSR count). The molecular weight excluding hydrogens is 425 g/mol. The lowest BCUT2D eigenvalue weighted by Crippen LogP contribution is -2.57. The molecule has 0 radical (unpaired) electrons. The quantitative estimate of drug-likeness (QED) is 0.305. The zero-order chi connectivity index (χ0) is 22.8. The fraction of sp³-hybridized carbons (Fsp3) is 0.632. The topological polar surface area (TPSA) is 148 Å². The molecule has 31 heavy (non-hydrogen) atoms. The van der Waals surface area contributed by atoms with Crippen molar-refractivity contribution in [2.45, 2.75) is 55.6 Å². The van der Waals surface area contributed by atoms with Gasteiger partial charge in [0.2, 0.25) is 15.9 Å². The number of hydrogen-bond donors (Lipinski definition) is 5. The summed E-state index contributed by atoms with van der Waals surface area (Å²) in [5.74, 6) is -0.927. The molecule has 0 saturated heterocycles. The number of amides is 1. The summed E-state index contributed by atoms with van der Waals surface area (Å²) in [5, 5.41) is 31.8. The number of nitrogens with one attached hydrogen (secondary N) is 2. The number of nitrogens with zero attached hydrogens (tertiary/aromatic N) is 1. The maximum Gasteiger partial charge on any atom is 0.475 e. The maximum atomic E-state index is 12.9.